The molecule has 168 valence electrons. The van der Waals surface area contributed by atoms with Crippen molar-refractivity contribution in [3.8, 4) is 0 Å². The first kappa shape index (κ1) is 21.9. The summed E-state index contributed by atoms with van der Waals surface area (Å²) in [4.78, 5) is 31.8. The van der Waals surface area contributed by atoms with Gasteiger partial charge in [0, 0.05) is 39.5 Å². The van der Waals surface area contributed by atoms with E-state index in [0.717, 1.165) is 45.6 Å². The summed E-state index contributed by atoms with van der Waals surface area (Å²) in [6, 6.07) is 11.1. The van der Waals surface area contributed by atoms with Crippen LogP contribution in [0.25, 0.3) is 10.2 Å². The van der Waals surface area contributed by atoms with E-state index >= 15 is 0 Å². The Kier molecular flexibility index (Phi) is 5.81. The summed E-state index contributed by atoms with van der Waals surface area (Å²) < 4.78 is 5.79. The summed E-state index contributed by atoms with van der Waals surface area (Å²) in [6.45, 7) is 3.57. The summed E-state index contributed by atoms with van der Waals surface area (Å²) in [5.74, 6) is -0.705. The van der Waals surface area contributed by atoms with Gasteiger partial charge in [0.05, 0.1) is 5.57 Å². The molecule has 2 aromatic heterocycles. The number of benzene rings is 1. The fraction of sp³-hybridized carbons (Fsp3) is 0.269. The smallest absolute Gasteiger partial charge is 0.337 e. The average molecular weight is 479 g/mol. The van der Waals surface area contributed by atoms with Crippen molar-refractivity contribution < 1.29 is 14.3 Å². The van der Waals surface area contributed by atoms with Crippen LogP contribution in [0.1, 0.15) is 43.7 Å². The number of esters is 1. The van der Waals surface area contributed by atoms with Crippen LogP contribution in [-0.4, -0.2) is 16.7 Å². The number of hydrogen-bond acceptors (Lipinski definition) is 6. The topological polar surface area (TPSA) is 68.3 Å². The molecule has 0 spiro atoms. The lowest BCUT2D eigenvalue weighted by molar-refractivity contribution is -0.140. The lowest BCUT2D eigenvalue weighted by Crippen LogP contribution is -2.32. The second-order valence-electron chi connectivity index (χ2n) is 8.51. The van der Waals surface area contributed by atoms with Crippen LogP contribution in [0.5, 0.6) is 0 Å². The number of fused-ring (bicyclic) bond motifs is 1. The molecule has 1 unspecified atom stereocenters. The summed E-state index contributed by atoms with van der Waals surface area (Å²) in [7, 11) is 0. The van der Waals surface area contributed by atoms with Crippen LogP contribution in [0.4, 0.5) is 0 Å². The maximum atomic E-state index is 13.6. The number of carbonyl (C=O) groups is 2. The molecule has 1 fully saturated rings. The number of pyridine rings is 1. The zero-order valence-electron chi connectivity index (χ0n) is 18.4. The van der Waals surface area contributed by atoms with E-state index in [4.69, 9.17) is 16.3 Å². The highest BCUT2D eigenvalue weighted by molar-refractivity contribution is 7.16. The number of hydrogen-bond donors (Lipinski definition) is 1. The third-order valence-electron chi connectivity index (χ3n) is 6.13. The number of rotatable bonds is 6. The Labute approximate surface area is 201 Å². The van der Waals surface area contributed by atoms with Gasteiger partial charge in [0.15, 0.2) is 5.78 Å². The minimum absolute atomic E-state index is 0.0665. The van der Waals surface area contributed by atoms with Gasteiger partial charge in [-0.15, -0.1) is 11.3 Å². The van der Waals surface area contributed by atoms with Gasteiger partial charge in [0.25, 0.3) is 0 Å². The lowest BCUT2D eigenvalue weighted by atomic mass is 9.78. The Morgan fingerprint density at radius 2 is 2.03 bits per heavy atom. The van der Waals surface area contributed by atoms with Crippen LogP contribution >= 0.6 is 22.9 Å². The second kappa shape index (κ2) is 8.76. The van der Waals surface area contributed by atoms with Gasteiger partial charge in [0.1, 0.15) is 11.4 Å². The molecular formula is C26H23ClN2O3S. The van der Waals surface area contributed by atoms with Crippen LogP contribution in [-0.2, 0) is 20.9 Å². The molecule has 7 heteroatoms. The molecule has 5 nitrogen and oxygen atoms in total. The molecule has 1 aliphatic heterocycles. The molecule has 5 rings (SSSR count). The van der Waals surface area contributed by atoms with Crippen LogP contribution in [0.15, 0.2) is 70.5 Å². The predicted molar refractivity (Wildman–Crippen MR) is 130 cm³/mol. The van der Waals surface area contributed by atoms with Crippen molar-refractivity contribution in [1.82, 2.24) is 10.3 Å². The first-order chi connectivity index (χ1) is 15.9. The highest BCUT2D eigenvalue weighted by Gasteiger charge is 2.42. The Hall–Kier alpha value is -2.96. The first-order valence-electron chi connectivity index (χ1n) is 10.9. The molecule has 1 aliphatic carbocycles. The van der Waals surface area contributed by atoms with Gasteiger partial charge in [0.2, 0.25) is 0 Å². The average Bonchev–Trinajstić information content (AvgIpc) is 3.55. The van der Waals surface area contributed by atoms with Gasteiger partial charge in [-0.05, 0) is 67.3 Å². The number of ketones is 1. The number of thiophene rings is 1. The minimum Gasteiger partial charge on any atom is -0.457 e. The molecule has 0 bridgehead atoms. The number of nitrogens with one attached hydrogen (secondary N) is 1. The minimum atomic E-state index is -0.496. The van der Waals surface area contributed by atoms with Crippen molar-refractivity contribution in [1.29, 1.82) is 0 Å². The Morgan fingerprint density at radius 1 is 1.21 bits per heavy atom. The standard InChI is InChI=1S/C26H23ClN2O3S/c1-14-21(15(2)30)22(20-13-33-25-19(20)7-4-10-28-25)23(24(29-14)17-8-9-17)26(31)32-12-16-5-3-6-18(27)11-16/h3-7,10-11,13,17,22,29H,8-9,12H2,1-2H3. The Balaban J connectivity index is 1.60. The number of dihydropyridines is 1. The highest BCUT2D eigenvalue weighted by atomic mass is 35.5. The molecule has 1 N–H and O–H groups in total. The van der Waals surface area contributed by atoms with Crippen molar-refractivity contribution in [2.75, 3.05) is 0 Å². The van der Waals surface area contributed by atoms with E-state index in [1.807, 2.05) is 36.6 Å². The van der Waals surface area contributed by atoms with Gasteiger partial charge in [-0.2, -0.15) is 0 Å². The predicted octanol–water partition coefficient (Wildman–Crippen LogP) is 5.91. The van der Waals surface area contributed by atoms with Crippen molar-refractivity contribution in [3.63, 3.8) is 0 Å². The molecule has 2 aliphatic rings. The number of nitrogens with zero attached hydrogens (tertiary/aromatic N) is 1. The number of ether oxygens (including phenoxy) is 1. The van der Waals surface area contributed by atoms with Crippen LogP contribution in [0.3, 0.4) is 0 Å². The van der Waals surface area contributed by atoms with Crippen LogP contribution < -0.4 is 5.32 Å². The molecule has 33 heavy (non-hydrogen) atoms. The molecule has 0 amide bonds. The van der Waals surface area contributed by atoms with Crippen LogP contribution in [0.2, 0.25) is 5.02 Å². The van der Waals surface area contributed by atoms with E-state index in [-0.39, 0.29) is 18.3 Å². The number of halogens is 1. The Bertz CT molecular complexity index is 1340. The van der Waals surface area contributed by atoms with Crippen LogP contribution in [0, 0.1) is 5.92 Å². The summed E-state index contributed by atoms with van der Waals surface area (Å²) in [5, 5.41) is 6.95. The number of aromatic nitrogens is 1. The van der Waals surface area contributed by atoms with E-state index in [2.05, 4.69) is 10.3 Å². The van der Waals surface area contributed by atoms with E-state index in [1.54, 1.807) is 25.3 Å². The van der Waals surface area contributed by atoms with Gasteiger partial charge >= 0.3 is 5.97 Å². The van der Waals surface area contributed by atoms with E-state index in [9.17, 15) is 9.59 Å². The molecule has 1 atom stereocenters. The molecule has 3 aromatic rings. The molecule has 3 heterocycles. The Morgan fingerprint density at radius 3 is 2.76 bits per heavy atom. The van der Waals surface area contributed by atoms with Gasteiger partial charge < -0.3 is 10.1 Å². The van der Waals surface area contributed by atoms with Crippen molar-refractivity contribution >= 4 is 44.9 Å². The fourth-order valence-corrected chi connectivity index (χ4v) is 5.67. The number of Topliss-reactive ketones (excluding diaryl/α,β-unsaturated/α-hetero) is 1. The third kappa shape index (κ3) is 4.21. The molecule has 1 saturated carbocycles. The lowest BCUT2D eigenvalue weighted by Gasteiger charge is -2.31. The fourth-order valence-electron chi connectivity index (χ4n) is 4.52. The van der Waals surface area contributed by atoms with Crippen molar-refractivity contribution in [2.45, 2.75) is 39.2 Å². The third-order valence-corrected chi connectivity index (χ3v) is 7.28. The quantitative estimate of drug-likeness (QED) is 0.446. The highest BCUT2D eigenvalue weighted by Crippen LogP contribution is 2.48. The van der Waals surface area contributed by atoms with E-state index in [1.165, 1.54) is 11.3 Å². The summed E-state index contributed by atoms with van der Waals surface area (Å²) >= 11 is 7.61. The number of carbonyl (C=O) groups excluding carboxylic acids is 2. The van der Waals surface area contributed by atoms with Gasteiger partial charge in [-0.1, -0.05) is 29.8 Å². The molecular weight excluding hydrogens is 456 g/mol. The maximum Gasteiger partial charge on any atom is 0.337 e. The number of allylic oxidation sites excluding steroid dienone is 3. The molecule has 0 radical (unpaired) electrons. The molecule has 1 aromatic carbocycles. The normalized spacial score (nSPS) is 18.5. The van der Waals surface area contributed by atoms with Gasteiger partial charge in [-0.3, -0.25) is 4.79 Å². The van der Waals surface area contributed by atoms with Gasteiger partial charge in [-0.25, -0.2) is 9.78 Å². The maximum absolute atomic E-state index is 13.6. The zero-order chi connectivity index (χ0) is 23.1. The second-order valence-corrected chi connectivity index (χ2v) is 9.80. The van der Waals surface area contributed by atoms with Crippen molar-refractivity contribution in [3.05, 3.63) is 86.7 Å². The molecule has 0 saturated heterocycles. The summed E-state index contributed by atoms with van der Waals surface area (Å²) in [6.07, 6.45) is 3.77. The van der Waals surface area contributed by atoms with Crippen molar-refractivity contribution in [2.24, 2.45) is 5.92 Å². The zero-order valence-corrected chi connectivity index (χ0v) is 19.9. The largest absolute Gasteiger partial charge is 0.457 e. The van der Waals surface area contributed by atoms with E-state index < -0.39 is 11.9 Å². The monoisotopic (exact) mass is 478 g/mol. The summed E-state index contributed by atoms with van der Waals surface area (Å²) in [5.41, 5.74) is 4.53. The SMILES string of the molecule is CC(=O)C1=C(C)NC(C2CC2)=C(C(=O)OCc2cccc(Cl)c2)C1c1csc2ncccc12. The first-order valence-corrected chi connectivity index (χ1v) is 12.2. The van der Waals surface area contributed by atoms with E-state index in [0.29, 0.717) is 16.2 Å².